The minimum absolute atomic E-state index is 0.0345. The van der Waals surface area contributed by atoms with Crippen LogP contribution in [0.2, 0.25) is 0 Å². The lowest BCUT2D eigenvalue weighted by molar-refractivity contribution is -0.196. The molecule has 43 heavy (non-hydrogen) atoms. The number of esters is 1. The average Bonchev–Trinajstić information content (AvgIpc) is 2.99. The maximum Gasteiger partial charge on any atom is 0.490 e. The van der Waals surface area contributed by atoms with Gasteiger partial charge in [0, 0.05) is 49.6 Å². The minimum Gasteiger partial charge on any atom is -0.491 e. The summed E-state index contributed by atoms with van der Waals surface area (Å²) in [6.45, 7) is 3.16. The summed E-state index contributed by atoms with van der Waals surface area (Å²) >= 11 is 0. The number of carbonyl (C=O) groups is 4. The Morgan fingerprint density at radius 2 is 1.81 bits per heavy atom. The van der Waals surface area contributed by atoms with Crippen molar-refractivity contribution in [1.29, 1.82) is 5.26 Å². The molecule has 0 radical (unpaired) electrons. The van der Waals surface area contributed by atoms with Gasteiger partial charge in [-0.2, -0.15) is 18.4 Å². The molecule has 0 saturated carbocycles. The highest BCUT2D eigenvalue weighted by atomic mass is 19.4. The van der Waals surface area contributed by atoms with E-state index in [0.29, 0.717) is 18.2 Å². The molecule has 2 aromatic rings. The summed E-state index contributed by atoms with van der Waals surface area (Å²) in [5, 5.41) is 23.7. The van der Waals surface area contributed by atoms with E-state index >= 15 is 0 Å². The van der Waals surface area contributed by atoms with E-state index in [1.54, 1.807) is 12.4 Å². The Labute approximate surface area is 245 Å². The largest absolute Gasteiger partial charge is 0.491 e. The standard InChI is InChI=1S/C25H27N5O5.C3H3F3O2/c1-17(31)29-22(25(33)34)15-20-3-2-18(16-26)14-23(20)35-13-10-28-24(32)19-6-11-30(12-7-19)21-4-8-27-9-5-21;1-8-2(7)3(4,5)6/h2-5,8-9,14-15,19H,6-7,10-13H2,1H3,(H,28,32)(H,29,31)(H,33,34);1H3. The number of methoxy groups -OCH3 is 1. The minimum atomic E-state index is -4.85. The summed E-state index contributed by atoms with van der Waals surface area (Å²) in [7, 11) is 0.676. The lowest BCUT2D eigenvalue weighted by Gasteiger charge is -2.32. The van der Waals surface area contributed by atoms with E-state index in [9.17, 15) is 42.7 Å². The molecular weight excluding hydrogens is 575 g/mol. The van der Waals surface area contributed by atoms with E-state index < -0.39 is 24.0 Å². The van der Waals surface area contributed by atoms with Gasteiger partial charge in [0.15, 0.2) is 0 Å². The van der Waals surface area contributed by atoms with Crippen LogP contribution in [0.15, 0.2) is 48.4 Å². The normalized spacial score (nSPS) is 13.5. The number of carbonyl (C=O) groups excluding carboxylic acids is 3. The molecule has 3 N–H and O–H groups in total. The van der Waals surface area contributed by atoms with Gasteiger partial charge in [-0.15, -0.1) is 0 Å². The van der Waals surface area contributed by atoms with Crippen molar-refractivity contribution in [3.8, 4) is 11.8 Å². The summed E-state index contributed by atoms with van der Waals surface area (Å²) < 4.78 is 42.0. The molecule has 1 aromatic heterocycles. The number of aliphatic carboxylic acids is 1. The lowest BCUT2D eigenvalue weighted by atomic mass is 9.95. The van der Waals surface area contributed by atoms with Crippen molar-refractivity contribution in [2.24, 2.45) is 5.92 Å². The highest BCUT2D eigenvalue weighted by Gasteiger charge is 2.40. The summed E-state index contributed by atoms with van der Waals surface area (Å²) in [4.78, 5) is 51.1. The number of aromatic nitrogens is 1. The summed E-state index contributed by atoms with van der Waals surface area (Å²) in [6.07, 6.45) is 1.41. The van der Waals surface area contributed by atoms with Gasteiger partial charge in [0.25, 0.3) is 0 Å². The Morgan fingerprint density at radius 1 is 1.16 bits per heavy atom. The van der Waals surface area contributed by atoms with E-state index in [1.807, 2.05) is 18.2 Å². The predicted octanol–water partition coefficient (Wildman–Crippen LogP) is 2.65. The van der Waals surface area contributed by atoms with E-state index in [-0.39, 0.29) is 36.4 Å². The van der Waals surface area contributed by atoms with Crippen molar-refractivity contribution in [3.05, 3.63) is 59.5 Å². The van der Waals surface area contributed by atoms with E-state index in [1.165, 1.54) is 31.2 Å². The molecule has 0 atom stereocenters. The molecule has 1 aliphatic rings. The SMILES string of the molecule is CC(=O)NC(=Cc1ccc(C#N)cc1OCCNC(=O)C1CCN(c2ccncc2)CC1)C(=O)O.COC(=O)C(F)(F)F. The monoisotopic (exact) mass is 605 g/mol. The number of amides is 2. The van der Waals surface area contributed by atoms with Crippen LogP contribution in [0.25, 0.3) is 6.08 Å². The number of halogens is 3. The molecular formula is C28H30F3N5O7. The number of hydrogen-bond donors (Lipinski definition) is 3. The second kappa shape index (κ2) is 16.3. The zero-order valence-corrected chi connectivity index (χ0v) is 23.3. The van der Waals surface area contributed by atoms with Crippen LogP contribution in [0.4, 0.5) is 18.9 Å². The molecule has 1 fully saturated rings. The maximum absolute atomic E-state index is 12.6. The number of carboxylic acids is 1. The van der Waals surface area contributed by atoms with Crippen molar-refractivity contribution in [2.45, 2.75) is 25.9 Å². The first-order chi connectivity index (χ1) is 20.3. The average molecular weight is 606 g/mol. The smallest absolute Gasteiger partial charge is 0.490 e. The number of rotatable bonds is 9. The molecule has 12 nitrogen and oxygen atoms in total. The van der Waals surface area contributed by atoms with E-state index in [2.05, 4.69) is 25.3 Å². The highest BCUT2D eigenvalue weighted by molar-refractivity contribution is 5.96. The zero-order valence-electron chi connectivity index (χ0n) is 23.3. The number of alkyl halides is 3. The molecule has 230 valence electrons. The van der Waals surface area contributed by atoms with Gasteiger partial charge in [0.05, 0.1) is 25.3 Å². The Bertz CT molecular complexity index is 1350. The fraction of sp³-hybridized carbons (Fsp3) is 0.357. The molecule has 2 heterocycles. The van der Waals surface area contributed by atoms with Crippen LogP contribution >= 0.6 is 0 Å². The third-order valence-electron chi connectivity index (χ3n) is 5.95. The zero-order chi connectivity index (χ0) is 32.0. The van der Waals surface area contributed by atoms with Crippen LogP contribution in [-0.2, 0) is 23.9 Å². The fourth-order valence-electron chi connectivity index (χ4n) is 3.89. The first kappa shape index (κ1) is 34.1. The number of benzene rings is 1. The van der Waals surface area contributed by atoms with Gasteiger partial charge in [0.1, 0.15) is 18.1 Å². The molecule has 3 rings (SSSR count). The summed E-state index contributed by atoms with van der Waals surface area (Å²) in [5.41, 5.74) is 1.49. The highest BCUT2D eigenvalue weighted by Crippen LogP contribution is 2.24. The predicted molar refractivity (Wildman–Crippen MR) is 146 cm³/mol. The molecule has 0 aliphatic carbocycles. The van der Waals surface area contributed by atoms with Crippen molar-refractivity contribution >= 4 is 35.5 Å². The van der Waals surface area contributed by atoms with Gasteiger partial charge in [-0.3, -0.25) is 14.6 Å². The molecule has 15 heteroatoms. The molecule has 1 aromatic carbocycles. The van der Waals surface area contributed by atoms with Crippen molar-refractivity contribution < 1.29 is 46.9 Å². The Balaban J connectivity index is 0.000000708. The van der Waals surface area contributed by atoms with Crippen LogP contribution in [0, 0.1) is 17.2 Å². The summed E-state index contributed by atoms with van der Waals surface area (Å²) in [5.74, 6) is -3.84. The van der Waals surface area contributed by atoms with Crippen LogP contribution in [-0.4, -0.2) is 73.4 Å². The Kier molecular flexibility index (Phi) is 13.0. The van der Waals surface area contributed by atoms with Gasteiger partial charge in [-0.1, -0.05) is 0 Å². The number of piperidine rings is 1. The Morgan fingerprint density at radius 3 is 2.33 bits per heavy atom. The third kappa shape index (κ3) is 11.3. The first-order valence-corrected chi connectivity index (χ1v) is 12.8. The number of carboxylic acid groups (broad SMARTS) is 1. The first-order valence-electron chi connectivity index (χ1n) is 12.8. The number of nitrogens with zero attached hydrogens (tertiary/aromatic N) is 3. The molecule has 0 bridgehead atoms. The van der Waals surface area contributed by atoms with Gasteiger partial charge < -0.3 is 30.1 Å². The molecule has 1 aliphatic heterocycles. The molecule has 2 amide bonds. The van der Waals surface area contributed by atoms with Gasteiger partial charge in [-0.25, -0.2) is 9.59 Å². The Hall–Kier alpha value is -5.13. The quantitative estimate of drug-likeness (QED) is 0.219. The molecule has 1 saturated heterocycles. The second-order valence-corrected chi connectivity index (χ2v) is 9.00. The van der Waals surface area contributed by atoms with Crippen molar-refractivity contribution in [1.82, 2.24) is 15.6 Å². The number of nitrogens with one attached hydrogen (secondary N) is 2. The van der Waals surface area contributed by atoms with E-state index in [0.717, 1.165) is 31.6 Å². The van der Waals surface area contributed by atoms with Crippen molar-refractivity contribution in [2.75, 3.05) is 38.3 Å². The number of anilines is 1. The van der Waals surface area contributed by atoms with Crippen LogP contribution in [0.5, 0.6) is 5.75 Å². The second-order valence-electron chi connectivity index (χ2n) is 9.00. The van der Waals surface area contributed by atoms with Gasteiger partial charge >= 0.3 is 18.1 Å². The number of nitriles is 1. The lowest BCUT2D eigenvalue weighted by Crippen LogP contribution is -2.41. The van der Waals surface area contributed by atoms with E-state index in [4.69, 9.17) is 4.74 Å². The maximum atomic E-state index is 12.6. The number of pyridine rings is 1. The number of hydrogen-bond acceptors (Lipinski definition) is 9. The summed E-state index contributed by atoms with van der Waals surface area (Å²) in [6, 6.07) is 10.5. The number of ether oxygens (including phenoxy) is 2. The fourth-order valence-corrected chi connectivity index (χ4v) is 3.89. The third-order valence-corrected chi connectivity index (χ3v) is 5.95. The molecule has 0 unspecified atom stereocenters. The molecule has 0 spiro atoms. The van der Waals surface area contributed by atoms with Gasteiger partial charge in [-0.05, 0) is 49.2 Å². The topological polar surface area (TPSA) is 171 Å². The van der Waals surface area contributed by atoms with Crippen LogP contribution < -0.4 is 20.3 Å². The van der Waals surface area contributed by atoms with Crippen molar-refractivity contribution in [3.63, 3.8) is 0 Å². The van der Waals surface area contributed by atoms with Crippen LogP contribution in [0.1, 0.15) is 30.9 Å². The van der Waals surface area contributed by atoms with Gasteiger partial charge in [0.2, 0.25) is 11.8 Å². The van der Waals surface area contributed by atoms with Crippen LogP contribution in [0.3, 0.4) is 0 Å².